The number of aryl methyl sites for hydroxylation is 1. The van der Waals surface area contributed by atoms with Crippen molar-refractivity contribution >= 4 is 15.9 Å². The zero-order valence-corrected chi connectivity index (χ0v) is 12.2. The van der Waals surface area contributed by atoms with Crippen LogP contribution in [0.4, 0.5) is 4.39 Å². The Balaban J connectivity index is 2.51. The zero-order chi connectivity index (χ0) is 14.0. The topological polar surface area (TPSA) is 29.5 Å². The lowest BCUT2D eigenvalue weighted by Gasteiger charge is -2.17. The van der Waals surface area contributed by atoms with Crippen LogP contribution in [-0.4, -0.2) is 12.2 Å². The fourth-order valence-corrected chi connectivity index (χ4v) is 2.42. The number of hydrogen-bond donors (Lipinski definition) is 1. The van der Waals surface area contributed by atoms with Crippen molar-refractivity contribution in [2.24, 2.45) is 0 Å². The van der Waals surface area contributed by atoms with Gasteiger partial charge >= 0.3 is 0 Å². The summed E-state index contributed by atoms with van der Waals surface area (Å²) in [5, 5.41) is 10.5. The molecular weight excluding hydrogens is 311 g/mol. The summed E-state index contributed by atoms with van der Waals surface area (Å²) in [5.74, 6) is 0.193. The number of ether oxygens (including phenoxy) is 1. The molecule has 0 radical (unpaired) electrons. The number of hydrogen-bond acceptors (Lipinski definition) is 2. The molecule has 0 bridgehead atoms. The minimum atomic E-state index is -0.945. The smallest absolute Gasteiger partial charge is 0.125 e. The van der Waals surface area contributed by atoms with E-state index in [2.05, 4.69) is 15.9 Å². The lowest BCUT2D eigenvalue weighted by molar-refractivity contribution is 0.213. The lowest BCUT2D eigenvalue weighted by atomic mass is 9.99. The molecule has 0 spiro atoms. The van der Waals surface area contributed by atoms with Crippen LogP contribution >= 0.6 is 15.9 Å². The molecular formula is C15H14BrFO2. The second-order valence-corrected chi connectivity index (χ2v) is 5.17. The fourth-order valence-electron chi connectivity index (χ4n) is 1.96. The molecule has 0 saturated carbocycles. The third-order valence-electron chi connectivity index (χ3n) is 2.93. The van der Waals surface area contributed by atoms with E-state index in [1.54, 1.807) is 19.2 Å². The van der Waals surface area contributed by atoms with Crippen molar-refractivity contribution in [3.8, 4) is 5.75 Å². The average molecular weight is 325 g/mol. The Labute approximate surface area is 120 Å². The van der Waals surface area contributed by atoms with Crippen molar-refractivity contribution in [3.63, 3.8) is 0 Å². The van der Waals surface area contributed by atoms with E-state index in [1.807, 2.05) is 19.1 Å². The third-order valence-corrected chi connectivity index (χ3v) is 3.65. The van der Waals surface area contributed by atoms with Crippen molar-refractivity contribution in [3.05, 3.63) is 63.4 Å². The van der Waals surface area contributed by atoms with Crippen molar-refractivity contribution in [1.82, 2.24) is 0 Å². The summed E-state index contributed by atoms with van der Waals surface area (Å²) < 4.78 is 19.2. The highest BCUT2D eigenvalue weighted by molar-refractivity contribution is 9.10. The Morgan fingerprint density at radius 2 is 1.89 bits per heavy atom. The minimum Gasteiger partial charge on any atom is -0.496 e. The van der Waals surface area contributed by atoms with Crippen LogP contribution in [0.1, 0.15) is 22.8 Å². The molecule has 0 aliphatic rings. The van der Waals surface area contributed by atoms with Crippen LogP contribution in [0.5, 0.6) is 5.75 Å². The second kappa shape index (κ2) is 5.72. The third kappa shape index (κ3) is 2.96. The normalized spacial score (nSPS) is 12.3. The Hall–Kier alpha value is -1.39. The van der Waals surface area contributed by atoms with Crippen molar-refractivity contribution in [1.29, 1.82) is 0 Å². The van der Waals surface area contributed by atoms with Crippen molar-refractivity contribution in [2.75, 3.05) is 7.11 Å². The molecule has 0 amide bonds. The molecule has 0 aromatic heterocycles. The first-order valence-electron chi connectivity index (χ1n) is 5.80. The van der Waals surface area contributed by atoms with Gasteiger partial charge in [-0.1, -0.05) is 27.6 Å². The molecule has 1 N–H and O–H groups in total. The first kappa shape index (κ1) is 14.0. The molecule has 0 aliphatic heterocycles. The molecule has 2 aromatic rings. The van der Waals surface area contributed by atoms with E-state index >= 15 is 0 Å². The lowest BCUT2D eigenvalue weighted by Crippen LogP contribution is -2.04. The molecule has 4 heteroatoms. The van der Waals surface area contributed by atoms with Gasteiger partial charge in [0, 0.05) is 15.6 Å². The van der Waals surface area contributed by atoms with E-state index in [-0.39, 0.29) is 5.82 Å². The number of benzene rings is 2. The Morgan fingerprint density at radius 1 is 1.16 bits per heavy atom. The Bertz CT molecular complexity index is 599. The first-order chi connectivity index (χ1) is 9.02. The number of rotatable bonds is 3. The Morgan fingerprint density at radius 3 is 2.58 bits per heavy atom. The molecule has 2 rings (SSSR count). The summed E-state index contributed by atoms with van der Waals surface area (Å²) in [6.45, 7) is 1.93. The summed E-state index contributed by atoms with van der Waals surface area (Å²) in [4.78, 5) is 0. The van der Waals surface area contributed by atoms with Crippen LogP contribution in [0.15, 0.2) is 40.9 Å². The van der Waals surface area contributed by atoms with Gasteiger partial charge in [-0.05, 0) is 37.3 Å². The Kier molecular flexibility index (Phi) is 4.22. The largest absolute Gasteiger partial charge is 0.496 e. The van der Waals surface area contributed by atoms with E-state index in [0.717, 1.165) is 5.56 Å². The molecule has 2 nitrogen and oxygen atoms in total. The van der Waals surface area contributed by atoms with Crippen LogP contribution in [0.2, 0.25) is 0 Å². The van der Waals surface area contributed by atoms with Crippen LogP contribution in [0.3, 0.4) is 0 Å². The quantitative estimate of drug-likeness (QED) is 0.925. The van der Waals surface area contributed by atoms with Crippen molar-refractivity contribution in [2.45, 2.75) is 13.0 Å². The van der Waals surface area contributed by atoms with Crippen LogP contribution in [-0.2, 0) is 0 Å². The summed E-state index contributed by atoms with van der Waals surface area (Å²) in [7, 11) is 1.54. The van der Waals surface area contributed by atoms with E-state index in [9.17, 15) is 9.50 Å². The monoisotopic (exact) mass is 324 g/mol. The van der Waals surface area contributed by atoms with E-state index in [1.165, 1.54) is 12.1 Å². The predicted molar refractivity (Wildman–Crippen MR) is 75.9 cm³/mol. The zero-order valence-electron chi connectivity index (χ0n) is 10.7. The average Bonchev–Trinajstić information content (AvgIpc) is 2.40. The summed E-state index contributed by atoms with van der Waals surface area (Å²) >= 11 is 3.33. The van der Waals surface area contributed by atoms with Gasteiger partial charge in [-0.25, -0.2) is 4.39 Å². The van der Waals surface area contributed by atoms with E-state index < -0.39 is 6.10 Å². The highest BCUT2D eigenvalue weighted by Crippen LogP contribution is 2.34. The SMILES string of the molecule is COc1ccc(C)cc1C(O)c1cc(F)ccc1Br. The minimum absolute atomic E-state index is 0.385. The van der Waals surface area contributed by atoms with Gasteiger partial charge in [-0.15, -0.1) is 0 Å². The number of halogens is 2. The van der Waals surface area contributed by atoms with Gasteiger partial charge in [-0.3, -0.25) is 0 Å². The predicted octanol–water partition coefficient (Wildman–Crippen LogP) is 3.99. The van der Waals surface area contributed by atoms with Gasteiger partial charge in [0.25, 0.3) is 0 Å². The van der Waals surface area contributed by atoms with Gasteiger partial charge in [0.2, 0.25) is 0 Å². The summed E-state index contributed by atoms with van der Waals surface area (Å²) in [5.41, 5.74) is 2.10. The molecule has 1 atom stereocenters. The number of methoxy groups -OCH3 is 1. The van der Waals surface area contributed by atoms with Gasteiger partial charge in [0.1, 0.15) is 17.7 Å². The maximum Gasteiger partial charge on any atom is 0.125 e. The summed E-state index contributed by atoms with van der Waals surface area (Å²) in [6, 6.07) is 9.76. The molecule has 19 heavy (non-hydrogen) atoms. The molecule has 100 valence electrons. The maximum absolute atomic E-state index is 13.3. The van der Waals surface area contributed by atoms with Crippen molar-refractivity contribution < 1.29 is 14.2 Å². The van der Waals surface area contributed by atoms with Gasteiger partial charge < -0.3 is 9.84 Å². The molecule has 0 heterocycles. The highest BCUT2D eigenvalue weighted by atomic mass is 79.9. The molecule has 2 aromatic carbocycles. The van der Waals surface area contributed by atoms with Crippen LogP contribution in [0.25, 0.3) is 0 Å². The molecule has 1 unspecified atom stereocenters. The number of aliphatic hydroxyl groups excluding tert-OH is 1. The van der Waals surface area contributed by atoms with Gasteiger partial charge in [0.15, 0.2) is 0 Å². The second-order valence-electron chi connectivity index (χ2n) is 4.31. The fraction of sp³-hybridized carbons (Fsp3) is 0.200. The molecule has 0 aliphatic carbocycles. The molecule has 0 fully saturated rings. The van der Waals surface area contributed by atoms with Crippen LogP contribution in [0, 0.1) is 12.7 Å². The van der Waals surface area contributed by atoms with E-state index in [0.29, 0.717) is 21.3 Å². The van der Waals surface area contributed by atoms with Crippen LogP contribution < -0.4 is 4.74 Å². The van der Waals surface area contributed by atoms with Gasteiger partial charge in [-0.2, -0.15) is 0 Å². The summed E-state index contributed by atoms with van der Waals surface area (Å²) in [6.07, 6.45) is -0.945. The highest BCUT2D eigenvalue weighted by Gasteiger charge is 2.18. The van der Waals surface area contributed by atoms with Gasteiger partial charge in [0.05, 0.1) is 7.11 Å². The first-order valence-corrected chi connectivity index (χ1v) is 6.59. The number of aliphatic hydroxyl groups is 1. The van der Waals surface area contributed by atoms with E-state index in [4.69, 9.17) is 4.74 Å². The standard InChI is InChI=1S/C15H14BrFO2/c1-9-3-6-14(19-2)12(7-9)15(18)11-8-10(17)4-5-13(11)16/h3-8,15,18H,1-2H3. The molecule has 0 saturated heterocycles. The maximum atomic E-state index is 13.3.